The van der Waals surface area contributed by atoms with Gasteiger partial charge in [0.15, 0.2) is 6.61 Å². The van der Waals surface area contributed by atoms with E-state index in [1.807, 2.05) is 51.1 Å². The first kappa shape index (κ1) is 26.2. The summed E-state index contributed by atoms with van der Waals surface area (Å²) >= 11 is 6.03. The fraction of sp³-hybridized carbons (Fsp3) is 0.286. The quantitative estimate of drug-likeness (QED) is 0.430. The van der Waals surface area contributed by atoms with E-state index in [1.165, 1.54) is 17.0 Å². The van der Waals surface area contributed by atoms with Gasteiger partial charge in [0.05, 0.1) is 0 Å². The first-order valence-corrected chi connectivity index (χ1v) is 11.8. The summed E-state index contributed by atoms with van der Waals surface area (Å²) in [6.07, 6.45) is 0.312. The minimum absolute atomic E-state index is 0.118. The molecule has 0 aromatic heterocycles. The Morgan fingerprint density at radius 1 is 0.971 bits per heavy atom. The first-order valence-electron chi connectivity index (χ1n) is 11.4. The number of amides is 2. The summed E-state index contributed by atoms with van der Waals surface area (Å²) in [6, 6.07) is 21.4. The Morgan fingerprint density at radius 2 is 1.66 bits per heavy atom. The summed E-state index contributed by atoms with van der Waals surface area (Å²) < 4.78 is 19.2. The second-order valence-electron chi connectivity index (χ2n) is 9.34. The Morgan fingerprint density at radius 3 is 2.29 bits per heavy atom. The fourth-order valence-corrected chi connectivity index (χ4v) is 3.76. The minimum atomic E-state index is -0.808. The predicted octanol–water partition coefficient (Wildman–Crippen LogP) is 5.41. The molecular formula is C28H30ClFN2O3. The maximum absolute atomic E-state index is 13.5. The lowest BCUT2D eigenvalue weighted by Gasteiger charge is -2.33. The van der Waals surface area contributed by atoms with Gasteiger partial charge in [-0.25, -0.2) is 4.39 Å². The molecule has 0 radical (unpaired) electrons. The maximum atomic E-state index is 13.5. The van der Waals surface area contributed by atoms with Crippen molar-refractivity contribution in [3.05, 3.63) is 101 Å². The highest BCUT2D eigenvalue weighted by atomic mass is 35.5. The van der Waals surface area contributed by atoms with Gasteiger partial charge in [0.25, 0.3) is 5.91 Å². The van der Waals surface area contributed by atoms with E-state index in [4.69, 9.17) is 16.3 Å². The van der Waals surface area contributed by atoms with Crippen LogP contribution in [0.15, 0.2) is 78.9 Å². The van der Waals surface area contributed by atoms with Crippen LogP contribution in [0, 0.1) is 5.82 Å². The molecule has 35 heavy (non-hydrogen) atoms. The summed E-state index contributed by atoms with van der Waals surface area (Å²) in [4.78, 5) is 28.4. The SMILES string of the molecule is CC(C)(C)NC(=O)C(Cc1ccccc1)N(Cc1ccc(F)cc1)C(=O)COc1cccc(Cl)c1. The van der Waals surface area contributed by atoms with Crippen LogP contribution in [0.25, 0.3) is 0 Å². The van der Waals surface area contributed by atoms with Gasteiger partial charge in [0.2, 0.25) is 5.91 Å². The third-order valence-corrected chi connectivity index (χ3v) is 5.43. The summed E-state index contributed by atoms with van der Waals surface area (Å²) in [5, 5.41) is 3.49. The number of hydrogen-bond donors (Lipinski definition) is 1. The highest BCUT2D eigenvalue weighted by molar-refractivity contribution is 6.30. The molecule has 2 amide bonds. The van der Waals surface area contributed by atoms with Gasteiger partial charge in [-0.05, 0) is 62.2 Å². The Balaban J connectivity index is 1.92. The molecule has 1 unspecified atom stereocenters. The van der Waals surface area contributed by atoms with E-state index < -0.39 is 11.6 Å². The van der Waals surface area contributed by atoms with Crippen molar-refractivity contribution in [2.75, 3.05) is 6.61 Å². The molecule has 0 aliphatic heterocycles. The Bertz CT molecular complexity index is 1130. The molecule has 0 saturated carbocycles. The molecule has 184 valence electrons. The van der Waals surface area contributed by atoms with Crippen molar-refractivity contribution < 1.29 is 18.7 Å². The zero-order chi connectivity index (χ0) is 25.4. The third-order valence-electron chi connectivity index (χ3n) is 5.19. The van der Waals surface area contributed by atoms with Crippen molar-refractivity contribution in [3.8, 4) is 5.75 Å². The van der Waals surface area contributed by atoms with E-state index in [-0.39, 0.29) is 30.8 Å². The number of carbonyl (C=O) groups is 2. The van der Waals surface area contributed by atoms with Crippen molar-refractivity contribution in [1.82, 2.24) is 10.2 Å². The number of benzene rings is 3. The van der Waals surface area contributed by atoms with Crippen molar-refractivity contribution in [3.63, 3.8) is 0 Å². The van der Waals surface area contributed by atoms with Crippen LogP contribution in [0.2, 0.25) is 5.02 Å². The average Bonchev–Trinajstić information content (AvgIpc) is 2.80. The molecule has 0 heterocycles. The molecule has 1 atom stereocenters. The summed E-state index contributed by atoms with van der Waals surface area (Å²) in [6.45, 7) is 5.50. The lowest BCUT2D eigenvalue weighted by Crippen LogP contribution is -2.55. The molecule has 0 bridgehead atoms. The van der Waals surface area contributed by atoms with Crippen LogP contribution >= 0.6 is 11.6 Å². The van der Waals surface area contributed by atoms with E-state index in [0.717, 1.165) is 5.56 Å². The highest BCUT2D eigenvalue weighted by Gasteiger charge is 2.32. The number of halogens is 2. The number of rotatable bonds is 9. The number of carbonyl (C=O) groups excluding carboxylic acids is 2. The smallest absolute Gasteiger partial charge is 0.261 e. The molecule has 0 aliphatic carbocycles. The standard InChI is InChI=1S/C28H30ClFN2O3/c1-28(2,3)31-27(34)25(16-20-8-5-4-6-9-20)32(18-21-12-14-23(30)15-13-21)26(33)19-35-24-11-7-10-22(29)17-24/h4-15,17,25H,16,18-19H2,1-3H3,(H,31,34). The largest absolute Gasteiger partial charge is 0.484 e. The molecule has 0 spiro atoms. The second kappa shape index (κ2) is 11.8. The Hall–Kier alpha value is -3.38. The fourth-order valence-electron chi connectivity index (χ4n) is 3.58. The summed E-state index contributed by atoms with van der Waals surface area (Å²) in [7, 11) is 0. The van der Waals surface area contributed by atoms with E-state index in [0.29, 0.717) is 22.8 Å². The van der Waals surface area contributed by atoms with Gasteiger partial charge in [-0.3, -0.25) is 9.59 Å². The molecular weight excluding hydrogens is 467 g/mol. The van der Waals surface area contributed by atoms with Crippen LogP contribution in [0.3, 0.4) is 0 Å². The monoisotopic (exact) mass is 496 g/mol. The molecule has 5 nitrogen and oxygen atoms in total. The second-order valence-corrected chi connectivity index (χ2v) is 9.78. The molecule has 0 aliphatic rings. The first-order chi connectivity index (χ1) is 16.6. The van der Waals surface area contributed by atoms with Gasteiger partial charge in [-0.15, -0.1) is 0 Å². The van der Waals surface area contributed by atoms with Gasteiger partial charge in [0, 0.05) is 23.5 Å². The van der Waals surface area contributed by atoms with Crippen LogP contribution in [0.5, 0.6) is 5.75 Å². The van der Waals surface area contributed by atoms with Gasteiger partial charge in [-0.2, -0.15) is 0 Å². The molecule has 0 fully saturated rings. The molecule has 7 heteroatoms. The van der Waals surface area contributed by atoms with E-state index in [2.05, 4.69) is 5.32 Å². The third kappa shape index (κ3) is 8.41. The van der Waals surface area contributed by atoms with Crippen LogP contribution in [0.4, 0.5) is 4.39 Å². The van der Waals surface area contributed by atoms with Crippen LogP contribution in [0.1, 0.15) is 31.9 Å². The van der Waals surface area contributed by atoms with Crippen molar-refractivity contribution in [1.29, 1.82) is 0 Å². The topological polar surface area (TPSA) is 58.6 Å². The van der Waals surface area contributed by atoms with Crippen LogP contribution in [-0.2, 0) is 22.6 Å². The molecule has 1 N–H and O–H groups in total. The van der Waals surface area contributed by atoms with Crippen molar-refractivity contribution in [2.45, 2.75) is 45.3 Å². The van der Waals surface area contributed by atoms with Crippen molar-refractivity contribution >= 4 is 23.4 Å². The zero-order valence-corrected chi connectivity index (χ0v) is 20.9. The highest BCUT2D eigenvalue weighted by Crippen LogP contribution is 2.19. The lowest BCUT2D eigenvalue weighted by atomic mass is 10.0. The Kier molecular flexibility index (Phi) is 8.88. The predicted molar refractivity (Wildman–Crippen MR) is 136 cm³/mol. The van der Waals surface area contributed by atoms with Crippen molar-refractivity contribution in [2.24, 2.45) is 0 Å². The maximum Gasteiger partial charge on any atom is 0.261 e. The molecule has 3 aromatic rings. The number of hydrogen-bond acceptors (Lipinski definition) is 3. The van der Waals surface area contributed by atoms with Gasteiger partial charge < -0.3 is 15.0 Å². The van der Waals surface area contributed by atoms with Crippen LogP contribution in [-0.4, -0.2) is 34.9 Å². The Labute approximate surface area is 210 Å². The van der Waals surface area contributed by atoms with Crippen LogP contribution < -0.4 is 10.1 Å². The molecule has 3 rings (SSSR count). The van der Waals surface area contributed by atoms with E-state index in [9.17, 15) is 14.0 Å². The van der Waals surface area contributed by atoms with Gasteiger partial charge in [-0.1, -0.05) is 60.1 Å². The summed E-state index contributed by atoms with van der Waals surface area (Å²) in [5.41, 5.74) is 1.12. The van der Waals surface area contributed by atoms with Gasteiger partial charge in [0.1, 0.15) is 17.6 Å². The number of nitrogens with zero attached hydrogens (tertiary/aromatic N) is 1. The normalized spacial score (nSPS) is 12.0. The van der Waals surface area contributed by atoms with Gasteiger partial charge >= 0.3 is 0 Å². The lowest BCUT2D eigenvalue weighted by molar-refractivity contribution is -0.143. The number of nitrogens with one attached hydrogen (secondary N) is 1. The van der Waals surface area contributed by atoms with E-state index in [1.54, 1.807) is 36.4 Å². The van der Waals surface area contributed by atoms with E-state index >= 15 is 0 Å². The average molecular weight is 497 g/mol. The number of ether oxygens (including phenoxy) is 1. The molecule has 0 saturated heterocycles. The molecule has 3 aromatic carbocycles. The summed E-state index contributed by atoms with van der Waals surface area (Å²) in [5.74, 6) is -0.576. The minimum Gasteiger partial charge on any atom is -0.484 e. The zero-order valence-electron chi connectivity index (χ0n) is 20.1.